The van der Waals surface area contributed by atoms with E-state index >= 15 is 0 Å². The van der Waals surface area contributed by atoms with E-state index in [9.17, 15) is 14.4 Å². The first-order valence-corrected chi connectivity index (χ1v) is 6.33. The summed E-state index contributed by atoms with van der Waals surface area (Å²) in [5.41, 5.74) is 0.338. The van der Waals surface area contributed by atoms with Crippen LogP contribution in [0.4, 0.5) is 0 Å². The standard InChI is InChI=1S/C15H19NO3/c1-10(2)13(17)16(14(18)11(3)4)15(19)12-8-6-5-7-9-12/h5-11H,1-4H3. The van der Waals surface area contributed by atoms with Crippen molar-refractivity contribution in [2.24, 2.45) is 11.8 Å². The molecule has 0 aliphatic heterocycles. The minimum Gasteiger partial charge on any atom is -0.274 e. The van der Waals surface area contributed by atoms with E-state index in [0.717, 1.165) is 4.90 Å². The lowest BCUT2D eigenvalue weighted by Gasteiger charge is -2.22. The number of hydrogen-bond donors (Lipinski definition) is 0. The number of carbonyl (C=O) groups excluding carboxylic acids is 3. The molecule has 1 aromatic rings. The molecule has 102 valence electrons. The largest absolute Gasteiger partial charge is 0.274 e. The van der Waals surface area contributed by atoms with Gasteiger partial charge in [0.1, 0.15) is 0 Å². The minimum atomic E-state index is -0.557. The van der Waals surface area contributed by atoms with Crippen LogP contribution in [-0.2, 0) is 9.59 Å². The van der Waals surface area contributed by atoms with E-state index in [1.54, 1.807) is 58.0 Å². The van der Waals surface area contributed by atoms with Crippen molar-refractivity contribution < 1.29 is 14.4 Å². The summed E-state index contributed by atoms with van der Waals surface area (Å²) >= 11 is 0. The lowest BCUT2D eigenvalue weighted by Crippen LogP contribution is -2.45. The molecule has 1 aromatic carbocycles. The summed E-state index contributed by atoms with van der Waals surface area (Å²) < 4.78 is 0. The molecule has 0 saturated carbocycles. The molecule has 0 radical (unpaired) electrons. The molecule has 0 heterocycles. The third kappa shape index (κ3) is 3.50. The maximum absolute atomic E-state index is 12.3. The Morgan fingerprint density at radius 1 is 0.842 bits per heavy atom. The summed E-state index contributed by atoms with van der Waals surface area (Å²) in [5.74, 6) is -2.30. The zero-order valence-corrected chi connectivity index (χ0v) is 11.7. The molecule has 0 aliphatic rings. The summed E-state index contributed by atoms with van der Waals surface area (Å²) in [5, 5.41) is 0. The second kappa shape index (κ2) is 6.27. The van der Waals surface area contributed by atoms with Crippen LogP contribution in [0, 0.1) is 11.8 Å². The Hall–Kier alpha value is -1.97. The van der Waals surface area contributed by atoms with Crippen molar-refractivity contribution in [2.45, 2.75) is 27.7 Å². The number of rotatable bonds is 3. The Labute approximate surface area is 113 Å². The maximum atomic E-state index is 12.3. The van der Waals surface area contributed by atoms with Gasteiger partial charge in [-0.25, -0.2) is 4.90 Å². The fourth-order valence-electron chi connectivity index (χ4n) is 1.53. The van der Waals surface area contributed by atoms with Gasteiger partial charge in [0.25, 0.3) is 5.91 Å². The number of benzene rings is 1. The van der Waals surface area contributed by atoms with Gasteiger partial charge in [0.2, 0.25) is 11.8 Å². The van der Waals surface area contributed by atoms with Gasteiger partial charge in [-0.15, -0.1) is 0 Å². The highest BCUT2D eigenvalue weighted by Gasteiger charge is 2.32. The van der Waals surface area contributed by atoms with E-state index in [1.165, 1.54) is 0 Å². The molecule has 0 unspecified atom stereocenters. The fourth-order valence-corrected chi connectivity index (χ4v) is 1.53. The highest BCUT2D eigenvalue weighted by molar-refractivity contribution is 6.17. The fraction of sp³-hybridized carbons (Fsp3) is 0.400. The average Bonchev–Trinajstić information content (AvgIpc) is 2.39. The second-order valence-electron chi connectivity index (χ2n) is 4.99. The number of imide groups is 3. The van der Waals surface area contributed by atoms with Crippen molar-refractivity contribution in [3.8, 4) is 0 Å². The van der Waals surface area contributed by atoms with Gasteiger partial charge in [-0.2, -0.15) is 0 Å². The first kappa shape index (κ1) is 15.1. The van der Waals surface area contributed by atoms with Crippen LogP contribution in [-0.4, -0.2) is 22.6 Å². The first-order chi connectivity index (χ1) is 8.86. The van der Waals surface area contributed by atoms with Crippen molar-refractivity contribution in [3.63, 3.8) is 0 Å². The van der Waals surface area contributed by atoms with Crippen molar-refractivity contribution in [3.05, 3.63) is 35.9 Å². The number of carbonyl (C=O) groups is 3. The van der Waals surface area contributed by atoms with Gasteiger partial charge in [0.15, 0.2) is 0 Å². The SMILES string of the molecule is CC(C)C(=O)N(C(=O)c1ccccc1)C(=O)C(C)C. The van der Waals surface area contributed by atoms with E-state index in [0.29, 0.717) is 5.56 Å². The molecule has 0 aromatic heterocycles. The van der Waals surface area contributed by atoms with Crippen LogP contribution in [0.15, 0.2) is 30.3 Å². The van der Waals surface area contributed by atoms with Crippen molar-refractivity contribution in [1.82, 2.24) is 4.90 Å². The molecular weight excluding hydrogens is 242 g/mol. The van der Waals surface area contributed by atoms with Crippen LogP contribution >= 0.6 is 0 Å². The van der Waals surface area contributed by atoms with E-state index in [1.807, 2.05) is 0 Å². The van der Waals surface area contributed by atoms with E-state index in [2.05, 4.69) is 0 Å². The van der Waals surface area contributed by atoms with Gasteiger partial charge in [0, 0.05) is 17.4 Å². The molecule has 0 atom stereocenters. The summed E-state index contributed by atoms with van der Waals surface area (Å²) in [6, 6.07) is 8.36. The molecule has 3 amide bonds. The quantitative estimate of drug-likeness (QED) is 0.840. The lowest BCUT2D eigenvalue weighted by molar-refractivity contribution is -0.145. The molecule has 0 N–H and O–H groups in total. The van der Waals surface area contributed by atoms with Gasteiger partial charge in [0.05, 0.1) is 0 Å². The van der Waals surface area contributed by atoms with Gasteiger partial charge in [-0.05, 0) is 12.1 Å². The van der Waals surface area contributed by atoms with Crippen LogP contribution in [0.25, 0.3) is 0 Å². The summed E-state index contributed by atoms with van der Waals surface area (Å²) in [7, 11) is 0. The van der Waals surface area contributed by atoms with Gasteiger partial charge >= 0.3 is 0 Å². The maximum Gasteiger partial charge on any atom is 0.267 e. The Balaban J connectivity index is 3.14. The highest BCUT2D eigenvalue weighted by atomic mass is 16.2. The zero-order valence-electron chi connectivity index (χ0n) is 11.7. The molecule has 0 saturated heterocycles. The molecule has 0 fully saturated rings. The molecule has 0 bridgehead atoms. The van der Waals surface area contributed by atoms with Gasteiger partial charge in [-0.3, -0.25) is 14.4 Å². The Morgan fingerprint density at radius 3 is 1.63 bits per heavy atom. The number of nitrogens with zero attached hydrogens (tertiary/aromatic N) is 1. The molecule has 4 heteroatoms. The van der Waals surface area contributed by atoms with Crippen LogP contribution in [0.5, 0.6) is 0 Å². The predicted molar refractivity (Wildman–Crippen MR) is 72.3 cm³/mol. The summed E-state index contributed by atoms with van der Waals surface area (Å²) in [6.07, 6.45) is 0. The Bertz CT molecular complexity index is 457. The molecule has 0 aliphatic carbocycles. The Morgan fingerprint density at radius 2 is 1.26 bits per heavy atom. The summed E-state index contributed by atoms with van der Waals surface area (Å²) in [6.45, 7) is 6.67. The molecule has 1 rings (SSSR count). The third-order valence-electron chi connectivity index (χ3n) is 2.65. The summed E-state index contributed by atoms with van der Waals surface area (Å²) in [4.78, 5) is 37.3. The smallest absolute Gasteiger partial charge is 0.267 e. The van der Waals surface area contributed by atoms with Crippen LogP contribution in [0.3, 0.4) is 0 Å². The lowest BCUT2D eigenvalue weighted by atomic mass is 10.1. The minimum absolute atomic E-state index is 0.338. The van der Waals surface area contributed by atoms with Crippen molar-refractivity contribution in [1.29, 1.82) is 0 Å². The van der Waals surface area contributed by atoms with Crippen molar-refractivity contribution >= 4 is 17.7 Å². The van der Waals surface area contributed by atoms with E-state index < -0.39 is 29.6 Å². The number of amides is 3. The third-order valence-corrected chi connectivity index (χ3v) is 2.65. The molecule has 19 heavy (non-hydrogen) atoms. The average molecular weight is 261 g/mol. The number of hydrogen-bond acceptors (Lipinski definition) is 3. The van der Waals surface area contributed by atoms with Crippen molar-refractivity contribution in [2.75, 3.05) is 0 Å². The molecular formula is C15H19NO3. The molecule has 0 spiro atoms. The second-order valence-corrected chi connectivity index (χ2v) is 4.99. The van der Waals surface area contributed by atoms with E-state index in [4.69, 9.17) is 0 Å². The van der Waals surface area contributed by atoms with Gasteiger partial charge in [-0.1, -0.05) is 45.9 Å². The van der Waals surface area contributed by atoms with E-state index in [-0.39, 0.29) is 0 Å². The highest BCUT2D eigenvalue weighted by Crippen LogP contribution is 2.13. The molecule has 4 nitrogen and oxygen atoms in total. The topological polar surface area (TPSA) is 54.5 Å². The predicted octanol–water partition coefficient (Wildman–Crippen LogP) is 2.49. The van der Waals surface area contributed by atoms with Crippen LogP contribution in [0.1, 0.15) is 38.1 Å². The Kier molecular flexibility index (Phi) is 4.98. The van der Waals surface area contributed by atoms with Crippen LogP contribution < -0.4 is 0 Å². The first-order valence-electron chi connectivity index (χ1n) is 6.33. The normalized spacial score (nSPS) is 10.6. The van der Waals surface area contributed by atoms with Crippen LogP contribution in [0.2, 0.25) is 0 Å². The monoisotopic (exact) mass is 261 g/mol. The zero-order chi connectivity index (χ0) is 14.6. The van der Waals surface area contributed by atoms with Gasteiger partial charge < -0.3 is 0 Å².